The molecule has 2 fully saturated rings. The first-order valence-corrected chi connectivity index (χ1v) is 12.0. The second-order valence-corrected chi connectivity index (χ2v) is 9.64. The van der Waals surface area contributed by atoms with Crippen LogP contribution in [-0.4, -0.2) is 104 Å². The second-order valence-electron chi connectivity index (χ2n) is 8.01. The predicted octanol–water partition coefficient (Wildman–Crippen LogP) is 0.596. The fourth-order valence-electron chi connectivity index (χ4n) is 4.35. The molecule has 0 aromatic heterocycles. The smallest absolute Gasteiger partial charge is 0.237 e. The normalized spacial score (nSPS) is 35.5. The van der Waals surface area contributed by atoms with E-state index in [-0.39, 0.29) is 43.4 Å². The van der Waals surface area contributed by atoms with Gasteiger partial charge in [0, 0.05) is 13.1 Å². The van der Waals surface area contributed by atoms with Crippen molar-refractivity contribution >= 4 is 54.1 Å². The molecular formula is C19H37Cl3N2O6S. The van der Waals surface area contributed by atoms with Crippen LogP contribution in [0.2, 0.25) is 0 Å². The number of alkyl halides is 1. The van der Waals surface area contributed by atoms with Crippen molar-refractivity contribution in [1.82, 2.24) is 10.2 Å². The topological polar surface area (TPSA) is 122 Å². The monoisotopic (exact) mass is 526 g/mol. The molecule has 0 saturated carbocycles. The van der Waals surface area contributed by atoms with Crippen molar-refractivity contribution in [2.24, 2.45) is 5.92 Å². The highest BCUT2D eigenvalue weighted by Crippen LogP contribution is 2.31. The summed E-state index contributed by atoms with van der Waals surface area (Å²) in [5.41, 5.74) is -0.737. The molecule has 0 radical (unpaired) electrons. The third-order valence-electron chi connectivity index (χ3n) is 5.87. The first kappa shape index (κ1) is 31.4. The Kier molecular flexibility index (Phi) is 14.9. The average Bonchev–Trinajstić information content (AvgIpc) is 3.08. The SMILES string of the molecule is CCC[C@@H]1C[C@@H](C(=O)N[C@@H]([C@H]2O[C@H](SC)[C@H](O)[C@@H](O)[C@H]2O)[C@H](C)Cl)N(CCO)C1.Cl.Cl. The minimum absolute atomic E-state index is 0. The number of β-amino-alcohol motifs (C(OH)–C–C–N with tert-alkyl or cyclic N) is 1. The molecule has 2 rings (SSSR count). The molecule has 186 valence electrons. The van der Waals surface area contributed by atoms with Crippen LogP contribution in [0.25, 0.3) is 0 Å². The number of nitrogens with one attached hydrogen (secondary N) is 1. The lowest BCUT2D eigenvalue weighted by molar-refractivity contribution is -0.205. The number of aliphatic hydroxyl groups excluding tert-OH is 4. The summed E-state index contributed by atoms with van der Waals surface area (Å²) in [6, 6.07) is -1.14. The summed E-state index contributed by atoms with van der Waals surface area (Å²) in [5, 5.41) is 42.4. The fourth-order valence-corrected chi connectivity index (χ4v) is 5.23. The Balaban J connectivity index is 0.00000450. The van der Waals surface area contributed by atoms with Crippen LogP contribution in [0, 0.1) is 5.92 Å². The summed E-state index contributed by atoms with van der Waals surface area (Å²) in [6.07, 6.45) is -0.490. The fraction of sp³-hybridized carbons (Fsp3) is 0.947. The van der Waals surface area contributed by atoms with Gasteiger partial charge in [0.05, 0.1) is 24.1 Å². The van der Waals surface area contributed by atoms with Gasteiger partial charge in [0.15, 0.2) is 0 Å². The van der Waals surface area contributed by atoms with Crippen molar-refractivity contribution in [2.45, 2.75) is 80.4 Å². The van der Waals surface area contributed by atoms with E-state index in [4.69, 9.17) is 16.3 Å². The van der Waals surface area contributed by atoms with Crippen molar-refractivity contribution in [3.05, 3.63) is 0 Å². The summed E-state index contributed by atoms with van der Waals surface area (Å²) in [7, 11) is 0. The van der Waals surface area contributed by atoms with Gasteiger partial charge in [-0.15, -0.1) is 48.2 Å². The molecule has 2 saturated heterocycles. The van der Waals surface area contributed by atoms with Crippen molar-refractivity contribution in [3.63, 3.8) is 0 Å². The number of amides is 1. The Morgan fingerprint density at radius 3 is 2.42 bits per heavy atom. The van der Waals surface area contributed by atoms with Gasteiger partial charge in [-0.2, -0.15) is 0 Å². The van der Waals surface area contributed by atoms with E-state index in [9.17, 15) is 25.2 Å². The van der Waals surface area contributed by atoms with Gasteiger partial charge in [0.25, 0.3) is 0 Å². The maximum atomic E-state index is 13.1. The molecule has 5 N–H and O–H groups in total. The van der Waals surface area contributed by atoms with Gasteiger partial charge < -0.3 is 30.5 Å². The Bertz CT molecular complexity index is 537. The van der Waals surface area contributed by atoms with E-state index < -0.39 is 41.3 Å². The third-order valence-corrected chi connectivity index (χ3v) is 7.00. The number of halogens is 3. The first-order chi connectivity index (χ1) is 13.7. The van der Waals surface area contributed by atoms with Crippen LogP contribution in [0.1, 0.15) is 33.1 Å². The van der Waals surface area contributed by atoms with Gasteiger partial charge in [0.2, 0.25) is 5.91 Å². The molecule has 0 aromatic carbocycles. The number of thioether (sulfide) groups is 1. The van der Waals surface area contributed by atoms with Gasteiger partial charge in [-0.3, -0.25) is 9.69 Å². The number of carbonyl (C=O) groups excluding carboxylic acids is 1. The highest BCUT2D eigenvalue weighted by Gasteiger charge is 2.48. The van der Waals surface area contributed by atoms with E-state index >= 15 is 0 Å². The number of ether oxygens (including phenoxy) is 1. The molecule has 2 aliphatic heterocycles. The molecule has 8 nitrogen and oxygen atoms in total. The van der Waals surface area contributed by atoms with E-state index in [1.165, 1.54) is 11.8 Å². The zero-order chi connectivity index (χ0) is 21.7. The molecule has 0 spiro atoms. The van der Waals surface area contributed by atoms with Crippen molar-refractivity contribution in [2.75, 3.05) is 26.0 Å². The van der Waals surface area contributed by atoms with Gasteiger partial charge in [-0.25, -0.2) is 0 Å². The third kappa shape index (κ3) is 7.73. The molecule has 2 heterocycles. The van der Waals surface area contributed by atoms with E-state index in [2.05, 4.69) is 12.2 Å². The molecule has 12 heteroatoms. The van der Waals surface area contributed by atoms with Crippen LogP contribution < -0.4 is 5.32 Å². The summed E-state index contributed by atoms with van der Waals surface area (Å²) < 4.78 is 5.80. The van der Waals surface area contributed by atoms with Gasteiger partial charge in [-0.05, 0) is 31.9 Å². The van der Waals surface area contributed by atoms with Crippen LogP contribution in [0.3, 0.4) is 0 Å². The summed E-state index contributed by atoms with van der Waals surface area (Å²) in [5.74, 6) is 0.162. The minimum Gasteiger partial charge on any atom is -0.395 e. The Morgan fingerprint density at radius 1 is 1.26 bits per heavy atom. The van der Waals surface area contributed by atoms with Gasteiger partial charge >= 0.3 is 0 Å². The van der Waals surface area contributed by atoms with Crippen molar-refractivity contribution in [1.29, 1.82) is 0 Å². The zero-order valence-corrected chi connectivity index (χ0v) is 21.3. The lowest BCUT2D eigenvalue weighted by Gasteiger charge is -2.44. The first-order valence-electron chi connectivity index (χ1n) is 10.3. The maximum absolute atomic E-state index is 13.1. The van der Waals surface area contributed by atoms with Crippen molar-refractivity contribution < 1.29 is 30.0 Å². The Labute approximate surface area is 206 Å². The number of likely N-dealkylation sites (tertiary alicyclic amines) is 1. The number of hydrogen-bond acceptors (Lipinski definition) is 8. The second kappa shape index (κ2) is 14.7. The van der Waals surface area contributed by atoms with Crippen LogP contribution in [-0.2, 0) is 9.53 Å². The van der Waals surface area contributed by atoms with E-state index in [0.29, 0.717) is 18.9 Å². The lowest BCUT2D eigenvalue weighted by atomic mass is 9.92. The number of rotatable bonds is 9. The number of nitrogens with zero attached hydrogens (tertiary/aromatic N) is 1. The molecule has 0 unspecified atom stereocenters. The Hall–Kier alpha value is 0.450. The summed E-state index contributed by atoms with van der Waals surface area (Å²) >= 11 is 7.55. The number of carbonyl (C=O) groups is 1. The molecule has 0 aliphatic carbocycles. The van der Waals surface area contributed by atoms with E-state index in [1.807, 2.05) is 4.90 Å². The molecule has 0 bridgehead atoms. The molecular weight excluding hydrogens is 491 g/mol. The summed E-state index contributed by atoms with van der Waals surface area (Å²) in [4.78, 5) is 15.1. The standard InChI is InChI=1S/C19H35ClN2O6S.2ClH/c1-4-5-11-8-12(22(9-11)6-7-23)18(27)21-13(10(2)20)17-15(25)14(24)16(26)19(28-17)29-3;;/h10-17,19,23-26H,4-9H2,1-3H3,(H,21,27);2*1H/t10-,11+,12-,13+,14-,15+,16+,17+,19+;;/m0../s1. The quantitative estimate of drug-likeness (QED) is 0.276. The highest BCUT2D eigenvalue weighted by molar-refractivity contribution is 7.99. The zero-order valence-electron chi connectivity index (χ0n) is 18.1. The molecule has 1 amide bonds. The molecule has 9 atom stereocenters. The molecule has 2 aliphatic rings. The van der Waals surface area contributed by atoms with Crippen LogP contribution in [0.4, 0.5) is 0 Å². The molecule has 0 aromatic rings. The van der Waals surface area contributed by atoms with E-state index in [0.717, 1.165) is 19.4 Å². The highest BCUT2D eigenvalue weighted by atomic mass is 35.5. The number of hydrogen-bond donors (Lipinski definition) is 5. The average molecular weight is 528 g/mol. The van der Waals surface area contributed by atoms with Crippen LogP contribution in [0.5, 0.6) is 0 Å². The van der Waals surface area contributed by atoms with Crippen LogP contribution >= 0.6 is 48.2 Å². The minimum atomic E-state index is -1.40. The predicted molar refractivity (Wildman–Crippen MR) is 127 cm³/mol. The Morgan fingerprint density at radius 2 is 1.90 bits per heavy atom. The van der Waals surface area contributed by atoms with Crippen molar-refractivity contribution in [3.8, 4) is 0 Å². The molecule has 31 heavy (non-hydrogen) atoms. The number of aliphatic hydroxyl groups is 4. The summed E-state index contributed by atoms with van der Waals surface area (Å²) in [6.45, 7) is 4.95. The van der Waals surface area contributed by atoms with Crippen LogP contribution in [0.15, 0.2) is 0 Å². The van der Waals surface area contributed by atoms with E-state index in [1.54, 1.807) is 13.2 Å². The van der Waals surface area contributed by atoms with Gasteiger partial charge in [0.1, 0.15) is 29.9 Å². The maximum Gasteiger partial charge on any atom is 0.237 e. The largest absolute Gasteiger partial charge is 0.395 e. The van der Waals surface area contributed by atoms with Gasteiger partial charge in [-0.1, -0.05) is 13.3 Å². The lowest BCUT2D eigenvalue weighted by Crippen LogP contribution is -2.65.